The summed E-state index contributed by atoms with van der Waals surface area (Å²) in [5, 5.41) is 0. The Kier molecular flexibility index (Phi) is 1.91. The molecule has 0 aliphatic carbocycles. The predicted octanol–water partition coefficient (Wildman–Crippen LogP) is 1.72. The second kappa shape index (κ2) is 2.51. The Hall–Kier alpha value is -0.0200. The number of rotatable bonds is 0. The van der Waals surface area contributed by atoms with Crippen molar-refractivity contribution in [1.29, 1.82) is 0 Å². The fourth-order valence-corrected chi connectivity index (χ4v) is 0.748. The lowest BCUT2D eigenvalue weighted by Gasteiger charge is -2.15. The number of hydrogen-bond acceptors (Lipinski definition) is 2. The Bertz CT molecular complexity index is 118. The standard InChI is InChI=1S/C4H4BrClN2/c5-8-3-1-2-7-4(8)6/h1-4H. The third-order valence-corrected chi connectivity index (χ3v) is 1.91. The highest BCUT2D eigenvalue weighted by molar-refractivity contribution is 9.07. The number of allylic oxidation sites excluding steroid dienone is 1. The molecular weight excluding hydrogens is 191 g/mol. The fourth-order valence-electron chi connectivity index (χ4n) is 0.376. The SMILES string of the molecule is ClC1N=CC=CN1Br. The van der Waals surface area contributed by atoms with Gasteiger partial charge in [0.25, 0.3) is 0 Å². The highest BCUT2D eigenvalue weighted by Gasteiger charge is 2.06. The van der Waals surface area contributed by atoms with E-state index in [1.165, 1.54) is 0 Å². The van der Waals surface area contributed by atoms with Crippen LogP contribution in [-0.4, -0.2) is 15.8 Å². The third kappa shape index (κ3) is 1.23. The van der Waals surface area contributed by atoms with Crippen LogP contribution < -0.4 is 0 Å². The first-order valence-electron chi connectivity index (χ1n) is 2.09. The molecule has 0 amide bonds. The van der Waals surface area contributed by atoms with Crippen LogP contribution in [-0.2, 0) is 0 Å². The maximum Gasteiger partial charge on any atom is 0.206 e. The lowest BCUT2D eigenvalue weighted by molar-refractivity contribution is 0.601. The largest absolute Gasteiger partial charge is 0.279 e. The molecule has 1 heterocycles. The number of alkyl halides is 1. The summed E-state index contributed by atoms with van der Waals surface area (Å²) in [7, 11) is 0. The molecule has 2 nitrogen and oxygen atoms in total. The molecule has 0 N–H and O–H groups in total. The van der Waals surface area contributed by atoms with Crippen molar-refractivity contribution in [3.05, 3.63) is 12.3 Å². The summed E-state index contributed by atoms with van der Waals surface area (Å²) in [6, 6.07) is 0. The Morgan fingerprint density at radius 2 is 2.50 bits per heavy atom. The highest BCUT2D eigenvalue weighted by Crippen LogP contribution is 2.13. The van der Waals surface area contributed by atoms with E-state index in [9.17, 15) is 0 Å². The topological polar surface area (TPSA) is 15.6 Å². The van der Waals surface area contributed by atoms with Gasteiger partial charge in [-0.1, -0.05) is 11.6 Å². The van der Waals surface area contributed by atoms with Gasteiger partial charge < -0.3 is 0 Å². The Morgan fingerprint density at radius 1 is 1.75 bits per heavy atom. The molecule has 0 spiro atoms. The minimum Gasteiger partial charge on any atom is -0.279 e. The lowest BCUT2D eigenvalue weighted by atomic mass is 10.6. The summed E-state index contributed by atoms with van der Waals surface area (Å²) in [4.78, 5) is 3.84. The molecule has 8 heavy (non-hydrogen) atoms. The highest BCUT2D eigenvalue weighted by atomic mass is 79.9. The molecule has 44 valence electrons. The summed E-state index contributed by atoms with van der Waals surface area (Å²) in [5.74, 6) is 0. The molecule has 0 radical (unpaired) electrons. The molecule has 0 aromatic carbocycles. The van der Waals surface area contributed by atoms with Gasteiger partial charge in [-0.25, -0.2) is 0 Å². The zero-order chi connectivity index (χ0) is 5.98. The fraction of sp³-hybridized carbons (Fsp3) is 0.250. The second-order valence-electron chi connectivity index (χ2n) is 1.29. The van der Waals surface area contributed by atoms with Crippen molar-refractivity contribution in [1.82, 2.24) is 3.93 Å². The van der Waals surface area contributed by atoms with E-state index >= 15 is 0 Å². The number of hydrogen-bond donors (Lipinski definition) is 0. The second-order valence-corrected chi connectivity index (χ2v) is 2.50. The van der Waals surface area contributed by atoms with E-state index in [2.05, 4.69) is 21.1 Å². The van der Waals surface area contributed by atoms with Crippen LogP contribution in [0.15, 0.2) is 17.3 Å². The molecule has 1 aliphatic rings. The van der Waals surface area contributed by atoms with Crippen molar-refractivity contribution in [2.45, 2.75) is 5.62 Å². The first-order valence-corrected chi connectivity index (χ1v) is 3.23. The molecule has 0 fully saturated rings. The minimum atomic E-state index is -0.292. The molecule has 0 aromatic heterocycles. The smallest absolute Gasteiger partial charge is 0.206 e. The van der Waals surface area contributed by atoms with Crippen molar-refractivity contribution < 1.29 is 0 Å². The first kappa shape index (κ1) is 6.11. The Morgan fingerprint density at radius 3 is 2.88 bits per heavy atom. The van der Waals surface area contributed by atoms with E-state index in [-0.39, 0.29) is 5.62 Å². The molecule has 4 heteroatoms. The van der Waals surface area contributed by atoms with E-state index in [4.69, 9.17) is 11.6 Å². The molecule has 1 atom stereocenters. The zero-order valence-electron chi connectivity index (χ0n) is 3.96. The normalized spacial score (nSPS) is 26.8. The van der Waals surface area contributed by atoms with Gasteiger partial charge in [-0.05, 0) is 6.08 Å². The average molecular weight is 195 g/mol. The Labute approximate surface area is 61.2 Å². The van der Waals surface area contributed by atoms with Crippen LogP contribution in [0.4, 0.5) is 0 Å². The van der Waals surface area contributed by atoms with Gasteiger partial charge >= 0.3 is 0 Å². The molecule has 0 aromatic rings. The van der Waals surface area contributed by atoms with Gasteiger partial charge in [0, 0.05) is 12.4 Å². The van der Waals surface area contributed by atoms with Gasteiger partial charge in [-0.3, -0.25) is 8.92 Å². The molecular formula is C4H4BrClN2. The number of aliphatic imine (C=N–C) groups is 1. The van der Waals surface area contributed by atoms with Gasteiger partial charge in [-0.15, -0.1) is 0 Å². The van der Waals surface area contributed by atoms with Crippen LogP contribution in [0.1, 0.15) is 0 Å². The van der Waals surface area contributed by atoms with Gasteiger partial charge in [0.15, 0.2) is 0 Å². The van der Waals surface area contributed by atoms with Crippen molar-refractivity contribution in [2.24, 2.45) is 4.99 Å². The van der Waals surface area contributed by atoms with E-state index in [1.54, 1.807) is 22.4 Å². The molecule has 1 unspecified atom stereocenters. The van der Waals surface area contributed by atoms with Gasteiger partial charge in [0.05, 0.1) is 16.1 Å². The molecule has 1 aliphatic heterocycles. The maximum absolute atomic E-state index is 5.60. The van der Waals surface area contributed by atoms with Crippen LogP contribution >= 0.6 is 27.7 Å². The average Bonchev–Trinajstić information content (AvgIpc) is 1.77. The summed E-state index contributed by atoms with van der Waals surface area (Å²) in [6.07, 6.45) is 5.26. The van der Waals surface area contributed by atoms with Crippen LogP contribution in [0.5, 0.6) is 0 Å². The van der Waals surface area contributed by atoms with E-state index in [0.717, 1.165) is 0 Å². The van der Waals surface area contributed by atoms with Crippen LogP contribution in [0.25, 0.3) is 0 Å². The van der Waals surface area contributed by atoms with Crippen molar-refractivity contribution in [2.75, 3.05) is 0 Å². The molecule has 0 saturated carbocycles. The Balaban J connectivity index is 2.59. The van der Waals surface area contributed by atoms with Gasteiger partial charge in [-0.2, -0.15) is 0 Å². The first-order chi connectivity index (χ1) is 3.80. The van der Waals surface area contributed by atoms with Crippen molar-refractivity contribution in [3.63, 3.8) is 0 Å². The van der Waals surface area contributed by atoms with Crippen molar-refractivity contribution >= 4 is 34.0 Å². The third-order valence-electron chi connectivity index (χ3n) is 0.727. The molecule has 1 rings (SSSR count). The van der Waals surface area contributed by atoms with E-state index in [0.29, 0.717) is 0 Å². The summed E-state index contributed by atoms with van der Waals surface area (Å²) < 4.78 is 1.63. The number of nitrogens with zero attached hydrogens (tertiary/aromatic N) is 2. The molecule has 0 bridgehead atoms. The number of halogens is 2. The van der Waals surface area contributed by atoms with Gasteiger partial charge in [0.2, 0.25) is 5.62 Å². The van der Waals surface area contributed by atoms with Crippen molar-refractivity contribution in [3.8, 4) is 0 Å². The van der Waals surface area contributed by atoms with E-state index in [1.807, 2.05) is 0 Å². The summed E-state index contributed by atoms with van der Waals surface area (Å²) in [6.45, 7) is 0. The lowest BCUT2D eigenvalue weighted by Crippen LogP contribution is -2.15. The van der Waals surface area contributed by atoms with Crippen LogP contribution in [0.3, 0.4) is 0 Å². The minimum absolute atomic E-state index is 0.292. The van der Waals surface area contributed by atoms with E-state index < -0.39 is 0 Å². The van der Waals surface area contributed by atoms with Crippen LogP contribution in [0.2, 0.25) is 0 Å². The predicted molar refractivity (Wildman–Crippen MR) is 38.0 cm³/mol. The van der Waals surface area contributed by atoms with Crippen LogP contribution in [0, 0.1) is 0 Å². The summed E-state index contributed by atoms with van der Waals surface area (Å²) >= 11 is 8.75. The molecule has 0 saturated heterocycles. The monoisotopic (exact) mass is 194 g/mol. The summed E-state index contributed by atoms with van der Waals surface area (Å²) in [5.41, 5.74) is -0.292. The zero-order valence-corrected chi connectivity index (χ0v) is 6.30. The maximum atomic E-state index is 5.60. The van der Waals surface area contributed by atoms with Gasteiger partial charge in [0.1, 0.15) is 0 Å². The quantitative estimate of drug-likeness (QED) is 0.326.